The van der Waals surface area contributed by atoms with Crippen LogP contribution in [0, 0.1) is 0 Å². The number of hydrogen-bond acceptors (Lipinski definition) is 2. The number of hydrogen-bond donors (Lipinski definition) is 1. The van der Waals surface area contributed by atoms with Crippen LogP contribution < -0.4 is 5.32 Å². The molecule has 0 aliphatic heterocycles. The summed E-state index contributed by atoms with van der Waals surface area (Å²) in [5, 5.41) is 2.95. The van der Waals surface area contributed by atoms with Crippen molar-refractivity contribution in [1.82, 2.24) is 15.1 Å². The lowest BCUT2D eigenvalue weighted by Crippen LogP contribution is -2.40. The van der Waals surface area contributed by atoms with Crippen molar-refractivity contribution in [2.75, 3.05) is 20.1 Å². The zero-order valence-electron chi connectivity index (χ0n) is 17.6. The summed E-state index contributed by atoms with van der Waals surface area (Å²) in [4.78, 5) is 28.4. The Morgan fingerprint density at radius 3 is 2.28 bits per heavy atom. The summed E-state index contributed by atoms with van der Waals surface area (Å²) < 4.78 is 0. The van der Waals surface area contributed by atoms with Gasteiger partial charge in [-0.2, -0.15) is 0 Å². The highest BCUT2D eigenvalue weighted by atomic mass is 16.2. The number of amides is 3. The molecular weight excluding hydrogens is 362 g/mol. The van der Waals surface area contributed by atoms with Crippen molar-refractivity contribution in [1.29, 1.82) is 0 Å². The Morgan fingerprint density at radius 2 is 1.69 bits per heavy atom. The molecule has 1 N–H and O–H groups in total. The van der Waals surface area contributed by atoms with Crippen molar-refractivity contribution in [3.63, 3.8) is 0 Å². The largest absolute Gasteiger partial charge is 0.339 e. The van der Waals surface area contributed by atoms with E-state index in [1.54, 1.807) is 35.1 Å². The number of carbonyl (C=O) groups excluding carboxylic acids is 2. The zero-order chi connectivity index (χ0) is 21.2. The van der Waals surface area contributed by atoms with E-state index in [9.17, 15) is 9.59 Å². The summed E-state index contributed by atoms with van der Waals surface area (Å²) in [6, 6.07) is 17.5. The van der Waals surface area contributed by atoms with Crippen LogP contribution in [0.4, 0.5) is 4.79 Å². The Labute approximate surface area is 174 Å². The minimum atomic E-state index is -0.125. The molecule has 0 aliphatic carbocycles. The van der Waals surface area contributed by atoms with Gasteiger partial charge in [-0.3, -0.25) is 4.79 Å². The fraction of sp³-hybridized carbons (Fsp3) is 0.333. The van der Waals surface area contributed by atoms with E-state index in [2.05, 4.69) is 24.0 Å². The van der Waals surface area contributed by atoms with Crippen molar-refractivity contribution in [2.24, 2.45) is 0 Å². The minimum Gasteiger partial charge on any atom is -0.339 e. The molecule has 5 nitrogen and oxygen atoms in total. The van der Waals surface area contributed by atoms with Gasteiger partial charge in [0.25, 0.3) is 5.91 Å². The summed E-state index contributed by atoms with van der Waals surface area (Å²) in [5.74, 6) is -0.00587. The normalized spacial score (nSPS) is 10.5. The molecule has 2 aromatic rings. The van der Waals surface area contributed by atoms with Crippen LogP contribution in [-0.2, 0) is 13.0 Å². The van der Waals surface area contributed by atoms with Gasteiger partial charge in [0.15, 0.2) is 0 Å². The van der Waals surface area contributed by atoms with Gasteiger partial charge in [0, 0.05) is 38.3 Å². The van der Waals surface area contributed by atoms with Crippen LogP contribution in [-0.4, -0.2) is 47.9 Å². The number of nitrogens with zero attached hydrogens (tertiary/aromatic N) is 2. The lowest BCUT2D eigenvalue weighted by Gasteiger charge is -2.22. The van der Waals surface area contributed by atoms with Crippen LogP contribution >= 0.6 is 0 Å². The molecule has 0 atom stereocenters. The lowest BCUT2D eigenvalue weighted by atomic mass is 10.1. The first kappa shape index (κ1) is 22.2. The van der Waals surface area contributed by atoms with E-state index in [0.717, 1.165) is 12.0 Å². The molecule has 0 saturated heterocycles. The lowest BCUT2D eigenvalue weighted by molar-refractivity contribution is 0.0755. The second kappa shape index (κ2) is 11.1. The number of nitrogens with one attached hydrogen (secondary N) is 1. The summed E-state index contributed by atoms with van der Waals surface area (Å²) in [7, 11) is 1.80. The van der Waals surface area contributed by atoms with Crippen molar-refractivity contribution >= 4 is 11.9 Å². The van der Waals surface area contributed by atoms with Gasteiger partial charge >= 0.3 is 6.03 Å². The average molecular weight is 394 g/mol. The topological polar surface area (TPSA) is 52.7 Å². The first-order valence-electron chi connectivity index (χ1n) is 9.96. The molecule has 2 aromatic carbocycles. The number of rotatable bonds is 9. The Balaban J connectivity index is 1.90. The molecule has 0 fully saturated rings. The first-order valence-corrected chi connectivity index (χ1v) is 9.96. The van der Waals surface area contributed by atoms with Gasteiger partial charge in [-0.25, -0.2) is 4.79 Å². The number of urea groups is 1. The molecule has 0 radical (unpaired) electrons. The molecule has 0 aromatic heterocycles. The molecule has 0 unspecified atom stereocenters. The van der Waals surface area contributed by atoms with Crippen LogP contribution in [0.3, 0.4) is 0 Å². The second-order valence-electron chi connectivity index (χ2n) is 7.34. The highest BCUT2D eigenvalue weighted by Crippen LogP contribution is 2.09. The summed E-state index contributed by atoms with van der Waals surface area (Å²) in [6.45, 7) is 9.24. The van der Waals surface area contributed by atoms with Gasteiger partial charge in [-0.05, 0) is 43.5 Å². The molecule has 0 bridgehead atoms. The fourth-order valence-corrected chi connectivity index (χ4v) is 2.83. The molecule has 3 amide bonds. The van der Waals surface area contributed by atoms with Crippen LogP contribution in [0.15, 0.2) is 67.3 Å². The molecule has 154 valence electrons. The third kappa shape index (κ3) is 6.79. The monoisotopic (exact) mass is 393 g/mol. The first-order chi connectivity index (χ1) is 13.9. The van der Waals surface area contributed by atoms with E-state index >= 15 is 0 Å². The summed E-state index contributed by atoms with van der Waals surface area (Å²) >= 11 is 0. The molecule has 5 heteroatoms. The van der Waals surface area contributed by atoms with E-state index in [1.165, 1.54) is 5.56 Å². The maximum Gasteiger partial charge on any atom is 0.317 e. The van der Waals surface area contributed by atoms with Gasteiger partial charge in [-0.1, -0.05) is 48.5 Å². The third-order valence-corrected chi connectivity index (χ3v) is 4.89. The van der Waals surface area contributed by atoms with Crippen molar-refractivity contribution < 1.29 is 9.59 Å². The quantitative estimate of drug-likeness (QED) is 0.652. The van der Waals surface area contributed by atoms with Gasteiger partial charge in [0.05, 0.1) is 0 Å². The van der Waals surface area contributed by atoms with Gasteiger partial charge in [0.2, 0.25) is 0 Å². The minimum absolute atomic E-state index is 0.00587. The highest BCUT2D eigenvalue weighted by Gasteiger charge is 2.15. The molecule has 0 saturated carbocycles. The predicted octanol–water partition coefficient (Wildman–Crippen LogP) is 4.11. The van der Waals surface area contributed by atoms with E-state index in [4.69, 9.17) is 0 Å². The molecular formula is C24H31N3O2. The SMILES string of the molecule is C=CCN(CCc1ccccc1)C(=O)NCc1ccc(C(=O)N(C)C(C)C)cc1. The van der Waals surface area contributed by atoms with Crippen molar-refractivity contribution in [3.05, 3.63) is 83.9 Å². The van der Waals surface area contributed by atoms with E-state index in [0.29, 0.717) is 25.2 Å². The van der Waals surface area contributed by atoms with Crippen molar-refractivity contribution in [3.8, 4) is 0 Å². The van der Waals surface area contributed by atoms with Crippen LogP contribution in [0.2, 0.25) is 0 Å². The number of benzene rings is 2. The molecule has 2 rings (SSSR count). The smallest absolute Gasteiger partial charge is 0.317 e. The summed E-state index contributed by atoms with van der Waals surface area (Å²) in [5.41, 5.74) is 2.79. The van der Waals surface area contributed by atoms with E-state index in [1.807, 2.05) is 44.2 Å². The molecule has 0 spiro atoms. The summed E-state index contributed by atoms with van der Waals surface area (Å²) in [6.07, 6.45) is 2.53. The molecule has 0 aliphatic rings. The van der Waals surface area contributed by atoms with Crippen molar-refractivity contribution in [2.45, 2.75) is 32.9 Å². The Kier molecular flexibility index (Phi) is 8.46. The van der Waals surface area contributed by atoms with E-state index < -0.39 is 0 Å². The standard InChI is InChI=1S/C24H31N3O2/c1-5-16-27(17-15-20-9-7-6-8-10-20)24(29)25-18-21-11-13-22(14-12-21)23(28)26(4)19(2)3/h5-14,19H,1,15-18H2,2-4H3,(H,25,29). The van der Waals surface area contributed by atoms with Gasteiger partial charge in [0.1, 0.15) is 0 Å². The highest BCUT2D eigenvalue weighted by molar-refractivity contribution is 5.94. The molecule has 0 heterocycles. The fourth-order valence-electron chi connectivity index (χ4n) is 2.83. The maximum atomic E-state index is 12.6. The van der Waals surface area contributed by atoms with Crippen LogP contribution in [0.25, 0.3) is 0 Å². The maximum absolute atomic E-state index is 12.6. The average Bonchev–Trinajstić information content (AvgIpc) is 2.74. The number of carbonyl (C=O) groups is 2. The van der Waals surface area contributed by atoms with Gasteiger partial charge < -0.3 is 15.1 Å². The second-order valence-corrected chi connectivity index (χ2v) is 7.34. The molecule has 29 heavy (non-hydrogen) atoms. The Bertz CT molecular complexity index is 801. The Hall–Kier alpha value is -3.08. The zero-order valence-corrected chi connectivity index (χ0v) is 17.6. The van der Waals surface area contributed by atoms with Crippen LogP contribution in [0.5, 0.6) is 0 Å². The Morgan fingerprint density at radius 1 is 1.03 bits per heavy atom. The predicted molar refractivity (Wildman–Crippen MR) is 118 cm³/mol. The third-order valence-electron chi connectivity index (χ3n) is 4.89. The van der Waals surface area contributed by atoms with Crippen LogP contribution in [0.1, 0.15) is 35.3 Å². The van der Waals surface area contributed by atoms with E-state index in [-0.39, 0.29) is 18.0 Å². The van der Waals surface area contributed by atoms with Gasteiger partial charge in [-0.15, -0.1) is 6.58 Å².